The first-order valence-electron chi connectivity index (χ1n) is 9.53. The molecule has 4 rings (SSSR count). The first kappa shape index (κ1) is 18.0. The van der Waals surface area contributed by atoms with Crippen molar-refractivity contribution in [3.05, 3.63) is 40.9 Å². The van der Waals surface area contributed by atoms with Crippen LogP contribution in [0.4, 0.5) is 10.8 Å². The van der Waals surface area contributed by atoms with Gasteiger partial charge in [0, 0.05) is 36.3 Å². The standard InChI is InChI=1S/C21H25N3O2S/c1-14(23-15(2)25)3-7-19-12-22-21(27-19)24-10-9-17-11-18(6-8-20(17)24)26-13-16-4-5-16/h3,6-8,11-12,14,16H,4-5,9-10,13H2,1-2H3,(H,23,25)/t14-/m0/s1. The summed E-state index contributed by atoms with van der Waals surface area (Å²) in [5, 5.41) is 3.86. The third-order valence-corrected chi connectivity index (χ3v) is 5.84. The van der Waals surface area contributed by atoms with Crippen molar-refractivity contribution in [1.29, 1.82) is 0 Å². The summed E-state index contributed by atoms with van der Waals surface area (Å²) in [7, 11) is 0. The van der Waals surface area contributed by atoms with Gasteiger partial charge in [-0.15, -0.1) is 0 Å². The number of benzene rings is 1. The van der Waals surface area contributed by atoms with Crippen LogP contribution in [0.25, 0.3) is 6.08 Å². The molecule has 1 atom stereocenters. The Hall–Kier alpha value is -2.34. The molecule has 2 aromatic rings. The molecule has 142 valence electrons. The minimum absolute atomic E-state index is 0.00891. The summed E-state index contributed by atoms with van der Waals surface area (Å²) in [6.45, 7) is 5.28. The number of amides is 1. The molecule has 1 aromatic heterocycles. The van der Waals surface area contributed by atoms with Crippen LogP contribution in [0.5, 0.6) is 5.75 Å². The Labute approximate surface area is 164 Å². The number of aromatic nitrogens is 1. The highest BCUT2D eigenvalue weighted by Crippen LogP contribution is 2.39. The van der Waals surface area contributed by atoms with Crippen molar-refractivity contribution in [2.75, 3.05) is 18.1 Å². The summed E-state index contributed by atoms with van der Waals surface area (Å²) in [5.74, 6) is 1.73. The van der Waals surface area contributed by atoms with E-state index in [2.05, 4.69) is 33.4 Å². The molecular weight excluding hydrogens is 358 g/mol. The lowest BCUT2D eigenvalue weighted by Gasteiger charge is -2.16. The average Bonchev–Trinajstić information content (AvgIpc) is 3.19. The van der Waals surface area contributed by atoms with E-state index in [4.69, 9.17) is 4.74 Å². The summed E-state index contributed by atoms with van der Waals surface area (Å²) >= 11 is 1.67. The lowest BCUT2D eigenvalue weighted by atomic mass is 10.1. The van der Waals surface area contributed by atoms with Crippen LogP contribution in [0.1, 0.15) is 37.1 Å². The molecule has 1 saturated carbocycles. The molecule has 1 aliphatic carbocycles. The van der Waals surface area contributed by atoms with Gasteiger partial charge in [0.15, 0.2) is 5.13 Å². The zero-order valence-electron chi connectivity index (χ0n) is 15.8. The Balaban J connectivity index is 1.42. The van der Waals surface area contributed by atoms with Gasteiger partial charge in [0.1, 0.15) is 5.75 Å². The monoisotopic (exact) mass is 383 g/mol. The van der Waals surface area contributed by atoms with Crippen molar-refractivity contribution < 1.29 is 9.53 Å². The molecule has 1 aliphatic heterocycles. The van der Waals surface area contributed by atoms with Crippen LogP contribution in [0.3, 0.4) is 0 Å². The van der Waals surface area contributed by atoms with Crippen LogP contribution in [0.15, 0.2) is 30.5 Å². The highest BCUT2D eigenvalue weighted by molar-refractivity contribution is 7.16. The van der Waals surface area contributed by atoms with Crippen LogP contribution in [0.2, 0.25) is 0 Å². The molecule has 1 fully saturated rings. The smallest absolute Gasteiger partial charge is 0.217 e. The number of thiazole rings is 1. The molecule has 5 nitrogen and oxygen atoms in total. The molecule has 2 aliphatic rings. The number of nitrogens with zero attached hydrogens (tertiary/aromatic N) is 2. The molecular formula is C21H25N3O2S. The van der Waals surface area contributed by atoms with Crippen LogP contribution in [-0.4, -0.2) is 30.1 Å². The van der Waals surface area contributed by atoms with Gasteiger partial charge in [0.25, 0.3) is 0 Å². The summed E-state index contributed by atoms with van der Waals surface area (Å²) in [4.78, 5) is 19.1. The second-order valence-electron chi connectivity index (χ2n) is 7.34. The molecule has 0 bridgehead atoms. The predicted octanol–water partition coefficient (Wildman–Crippen LogP) is 4.16. The fourth-order valence-corrected chi connectivity index (χ4v) is 4.12. The van der Waals surface area contributed by atoms with Gasteiger partial charge >= 0.3 is 0 Å². The van der Waals surface area contributed by atoms with Crippen LogP contribution in [0, 0.1) is 5.92 Å². The Bertz CT molecular complexity index is 857. The topological polar surface area (TPSA) is 54.5 Å². The summed E-state index contributed by atoms with van der Waals surface area (Å²) in [5.41, 5.74) is 2.56. The average molecular weight is 384 g/mol. The van der Waals surface area contributed by atoms with Crippen molar-refractivity contribution >= 4 is 34.1 Å². The Morgan fingerprint density at radius 3 is 3.11 bits per heavy atom. The normalized spacial score (nSPS) is 17.2. The van der Waals surface area contributed by atoms with Crippen molar-refractivity contribution in [2.45, 2.75) is 39.2 Å². The minimum Gasteiger partial charge on any atom is -0.493 e. The zero-order chi connectivity index (χ0) is 18.8. The van der Waals surface area contributed by atoms with E-state index in [0.29, 0.717) is 0 Å². The second-order valence-corrected chi connectivity index (χ2v) is 8.38. The molecule has 2 heterocycles. The van der Waals surface area contributed by atoms with Crippen LogP contribution in [-0.2, 0) is 11.2 Å². The molecule has 27 heavy (non-hydrogen) atoms. The lowest BCUT2D eigenvalue weighted by Crippen LogP contribution is -2.28. The maximum absolute atomic E-state index is 11.1. The van der Waals surface area contributed by atoms with Gasteiger partial charge in [0.2, 0.25) is 5.91 Å². The third kappa shape index (κ3) is 4.50. The summed E-state index contributed by atoms with van der Waals surface area (Å²) < 4.78 is 5.91. The molecule has 1 N–H and O–H groups in total. The molecule has 0 saturated heterocycles. The number of fused-ring (bicyclic) bond motifs is 1. The van der Waals surface area contributed by atoms with Gasteiger partial charge in [-0.05, 0) is 61.9 Å². The van der Waals surface area contributed by atoms with Crippen LogP contribution >= 0.6 is 11.3 Å². The first-order valence-corrected chi connectivity index (χ1v) is 10.3. The van der Waals surface area contributed by atoms with Crippen molar-refractivity contribution in [1.82, 2.24) is 10.3 Å². The predicted molar refractivity (Wildman–Crippen MR) is 110 cm³/mol. The van der Waals surface area contributed by atoms with E-state index in [-0.39, 0.29) is 11.9 Å². The molecule has 1 aromatic carbocycles. The number of nitrogens with one attached hydrogen (secondary N) is 1. The van der Waals surface area contributed by atoms with Gasteiger partial charge in [0.05, 0.1) is 6.61 Å². The summed E-state index contributed by atoms with van der Waals surface area (Å²) in [6.07, 6.45) is 9.53. The number of anilines is 2. The van der Waals surface area contributed by atoms with E-state index in [1.165, 1.54) is 31.0 Å². The van der Waals surface area contributed by atoms with Gasteiger partial charge in [-0.1, -0.05) is 17.4 Å². The Morgan fingerprint density at radius 2 is 2.33 bits per heavy atom. The third-order valence-electron chi connectivity index (χ3n) is 4.85. The highest BCUT2D eigenvalue weighted by Gasteiger charge is 2.24. The van der Waals surface area contributed by atoms with Crippen LogP contribution < -0.4 is 15.0 Å². The van der Waals surface area contributed by atoms with Gasteiger partial charge in [-0.3, -0.25) is 4.79 Å². The fourth-order valence-electron chi connectivity index (χ4n) is 3.25. The number of hydrogen-bond acceptors (Lipinski definition) is 5. The zero-order valence-corrected chi connectivity index (χ0v) is 16.6. The van der Waals surface area contributed by atoms with E-state index >= 15 is 0 Å². The molecule has 0 spiro atoms. The second kappa shape index (κ2) is 7.72. The largest absolute Gasteiger partial charge is 0.493 e. The first-order chi connectivity index (χ1) is 13.1. The summed E-state index contributed by atoms with van der Waals surface area (Å²) in [6, 6.07) is 6.42. The number of carbonyl (C=O) groups excluding carboxylic acids is 1. The quantitative estimate of drug-likeness (QED) is 0.780. The number of rotatable bonds is 7. The fraction of sp³-hybridized carbons (Fsp3) is 0.429. The molecule has 0 radical (unpaired) electrons. The van der Waals surface area contributed by atoms with Gasteiger partial charge in [-0.2, -0.15) is 0 Å². The maximum atomic E-state index is 11.1. The maximum Gasteiger partial charge on any atom is 0.217 e. The molecule has 1 amide bonds. The van der Waals surface area contributed by atoms with Gasteiger partial charge in [-0.25, -0.2) is 4.98 Å². The van der Waals surface area contributed by atoms with E-state index in [9.17, 15) is 4.79 Å². The van der Waals surface area contributed by atoms with E-state index in [1.54, 1.807) is 11.3 Å². The number of hydrogen-bond donors (Lipinski definition) is 1. The van der Waals surface area contributed by atoms with E-state index in [1.807, 2.05) is 25.3 Å². The SMILES string of the molecule is CC(=O)N[C@@H](C)C=Cc1cnc(N2CCc3cc(OCC4CC4)ccc32)s1. The lowest BCUT2D eigenvalue weighted by molar-refractivity contribution is -0.119. The van der Waals surface area contributed by atoms with Crippen molar-refractivity contribution in [2.24, 2.45) is 5.92 Å². The van der Waals surface area contributed by atoms with E-state index in [0.717, 1.165) is 41.2 Å². The van der Waals surface area contributed by atoms with E-state index < -0.39 is 0 Å². The van der Waals surface area contributed by atoms with Gasteiger partial charge < -0.3 is 15.0 Å². The van der Waals surface area contributed by atoms with Crippen molar-refractivity contribution in [3.8, 4) is 5.75 Å². The number of carbonyl (C=O) groups is 1. The Morgan fingerprint density at radius 1 is 1.48 bits per heavy atom. The Kier molecular flexibility index (Phi) is 5.16. The molecule has 6 heteroatoms. The minimum atomic E-state index is -0.0219. The van der Waals surface area contributed by atoms with Crippen molar-refractivity contribution in [3.63, 3.8) is 0 Å². The number of ether oxygens (including phenoxy) is 1. The molecule has 0 unspecified atom stereocenters. The highest BCUT2D eigenvalue weighted by atomic mass is 32.1.